The lowest BCUT2D eigenvalue weighted by Crippen LogP contribution is -2.33. The van der Waals surface area contributed by atoms with E-state index in [4.69, 9.17) is 0 Å². The molecule has 4 heteroatoms. The highest BCUT2D eigenvalue weighted by molar-refractivity contribution is 6.02. The fourth-order valence-electron chi connectivity index (χ4n) is 2.29. The number of carboxylic acid groups (broad SMARTS) is 1. The number of unbranched alkanes of at least 4 members (excludes halogenated alkanes) is 1. The number of amides is 1. The fraction of sp³-hybridized carbons (Fsp3) is 0.500. The Morgan fingerprint density at radius 2 is 1.90 bits per heavy atom. The fourth-order valence-corrected chi connectivity index (χ4v) is 2.29. The third kappa shape index (κ3) is 3.83. The molecule has 0 heterocycles. The summed E-state index contributed by atoms with van der Waals surface area (Å²) in [4.78, 5) is 25.2. The smallest absolute Gasteiger partial charge is 0.337 e. The van der Waals surface area contributed by atoms with Crippen molar-refractivity contribution in [3.8, 4) is 0 Å². The van der Waals surface area contributed by atoms with Gasteiger partial charge in [0.05, 0.1) is 11.3 Å². The molecule has 1 N–H and O–H groups in total. The van der Waals surface area contributed by atoms with E-state index in [0.717, 1.165) is 25.7 Å². The van der Waals surface area contributed by atoms with Crippen LogP contribution in [0.2, 0.25) is 0 Å². The van der Waals surface area contributed by atoms with Gasteiger partial charge in [-0.15, -0.1) is 0 Å². The van der Waals surface area contributed by atoms with Crippen molar-refractivity contribution < 1.29 is 14.7 Å². The molecule has 1 atom stereocenters. The maximum atomic E-state index is 12.5. The Kier molecular flexibility index (Phi) is 6.22. The van der Waals surface area contributed by atoms with Gasteiger partial charge in [-0.3, -0.25) is 4.79 Å². The lowest BCUT2D eigenvalue weighted by Gasteiger charge is -2.24. The van der Waals surface area contributed by atoms with Gasteiger partial charge in [0.25, 0.3) is 0 Å². The van der Waals surface area contributed by atoms with Crippen LogP contribution in [0.3, 0.4) is 0 Å². The molecule has 0 spiro atoms. The lowest BCUT2D eigenvalue weighted by atomic mass is 9.97. The lowest BCUT2D eigenvalue weighted by molar-refractivity contribution is -0.122. The molecule has 0 saturated heterocycles. The van der Waals surface area contributed by atoms with Crippen LogP contribution in [0.4, 0.5) is 5.69 Å². The summed E-state index contributed by atoms with van der Waals surface area (Å²) in [5, 5.41) is 9.20. The molecule has 1 aromatic carbocycles. The highest BCUT2D eigenvalue weighted by Gasteiger charge is 2.23. The second-order valence-electron chi connectivity index (χ2n) is 4.97. The standard InChI is InChI=1S/C16H23NO3/c1-4-6-9-12(5-2)15(18)17(3)14-11-8-7-10-13(14)16(19)20/h7-8,10-12H,4-6,9H2,1-3H3,(H,19,20). The predicted octanol–water partition coefficient (Wildman–Crippen LogP) is 3.56. The van der Waals surface area contributed by atoms with E-state index >= 15 is 0 Å². The molecule has 110 valence electrons. The molecule has 0 radical (unpaired) electrons. The maximum absolute atomic E-state index is 12.5. The number of benzene rings is 1. The minimum Gasteiger partial charge on any atom is -0.478 e. The largest absolute Gasteiger partial charge is 0.478 e. The molecule has 1 amide bonds. The van der Waals surface area contributed by atoms with Gasteiger partial charge in [0.15, 0.2) is 0 Å². The van der Waals surface area contributed by atoms with Crippen molar-refractivity contribution in [3.05, 3.63) is 29.8 Å². The van der Waals surface area contributed by atoms with Crippen LogP contribution in [0.15, 0.2) is 24.3 Å². The second-order valence-corrected chi connectivity index (χ2v) is 4.97. The van der Waals surface area contributed by atoms with Gasteiger partial charge in [0.2, 0.25) is 5.91 Å². The highest BCUT2D eigenvalue weighted by atomic mass is 16.4. The van der Waals surface area contributed by atoms with Gasteiger partial charge in [0, 0.05) is 13.0 Å². The van der Waals surface area contributed by atoms with Gasteiger partial charge in [-0.05, 0) is 25.0 Å². The normalized spacial score (nSPS) is 11.9. The summed E-state index contributed by atoms with van der Waals surface area (Å²) < 4.78 is 0. The Bertz CT molecular complexity index is 471. The number of carbonyl (C=O) groups excluding carboxylic acids is 1. The first-order valence-corrected chi connectivity index (χ1v) is 7.12. The number of carboxylic acids is 1. The first kappa shape index (κ1) is 16.2. The Morgan fingerprint density at radius 1 is 1.25 bits per heavy atom. The minimum absolute atomic E-state index is 0.00495. The molecule has 1 unspecified atom stereocenters. The number of para-hydroxylation sites is 1. The van der Waals surface area contributed by atoms with Gasteiger partial charge in [-0.1, -0.05) is 38.8 Å². The highest BCUT2D eigenvalue weighted by Crippen LogP contribution is 2.23. The van der Waals surface area contributed by atoms with Crippen molar-refractivity contribution in [3.63, 3.8) is 0 Å². The monoisotopic (exact) mass is 277 g/mol. The van der Waals surface area contributed by atoms with Gasteiger partial charge >= 0.3 is 5.97 Å². The van der Waals surface area contributed by atoms with Gasteiger partial charge in [-0.2, -0.15) is 0 Å². The zero-order valence-electron chi connectivity index (χ0n) is 12.4. The van der Waals surface area contributed by atoms with E-state index in [1.807, 2.05) is 6.92 Å². The molecular weight excluding hydrogens is 254 g/mol. The van der Waals surface area contributed by atoms with Gasteiger partial charge in [-0.25, -0.2) is 4.79 Å². The molecular formula is C16H23NO3. The van der Waals surface area contributed by atoms with Gasteiger partial charge < -0.3 is 10.0 Å². The number of carbonyl (C=O) groups is 2. The van der Waals surface area contributed by atoms with Crippen molar-refractivity contribution in [2.75, 3.05) is 11.9 Å². The molecule has 1 aromatic rings. The van der Waals surface area contributed by atoms with Crippen molar-refractivity contribution in [1.82, 2.24) is 0 Å². The summed E-state index contributed by atoms with van der Waals surface area (Å²) in [7, 11) is 1.65. The van der Waals surface area contributed by atoms with E-state index in [1.54, 1.807) is 25.2 Å². The zero-order chi connectivity index (χ0) is 15.1. The number of rotatable bonds is 7. The average molecular weight is 277 g/mol. The number of hydrogen-bond acceptors (Lipinski definition) is 2. The number of aromatic carboxylic acids is 1. The second kappa shape index (κ2) is 7.68. The van der Waals surface area contributed by atoms with Gasteiger partial charge in [0.1, 0.15) is 0 Å². The molecule has 0 bridgehead atoms. The summed E-state index contributed by atoms with van der Waals surface area (Å²) in [5.41, 5.74) is 0.619. The summed E-state index contributed by atoms with van der Waals surface area (Å²) in [6.07, 6.45) is 3.70. The first-order valence-electron chi connectivity index (χ1n) is 7.12. The van der Waals surface area contributed by atoms with Crippen molar-refractivity contribution in [2.45, 2.75) is 39.5 Å². The molecule has 0 saturated carbocycles. The quantitative estimate of drug-likeness (QED) is 0.829. The van der Waals surface area contributed by atoms with Crippen LogP contribution in [0, 0.1) is 5.92 Å². The van der Waals surface area contributed by atoms with Crippen LogP contribution in [0.1, 0.15) is 49.9 Å². The van der Waals surface area contributed by atoms with E-state index in [0.29, 0.717) is 5.69 Å². The topological polar surface area (TPSA) is 57.6 Å². The SMILES string of the molecule is CCCCC(CC)C(=O)N(C)c1ccccc1C(=O)O. The summed E-state index contributed by atoms with van der Waals surface area (Å²) in [6.45, 7) is 4.09. The van der Waals surface area contributed by atoms with E-state index in [9.17, 15) is 14.7 Å². The summed E-state index contributed by atoms with van der Waals surface area (Å²) in [5.74, 6) is -1.06. The number of anilines is 1. The number of hydrogen-bond donors (Lipinski definition) is 1. The maximum Gasteiger partial charge on any atom is 0.337 e. The van der Waals surface area contributed by atoms with Crippen LogP contribution < -0.4 is 4.90 Å². The minimum atomic E-state index is -1.01. The van der Waals surface area contributed by atoms with Crippen molar-refractivity contribution in [1.29, 1.82) is 0 Å². The van der Waals surface area contributed by atoms with E-state index in [-0.39, 0.29) is 17.4 Å². The average Bonchev–Trinajstić information content (AvgIpc) is 2.46. The Morgan fingerprint density at radius 3 is 2.45 bits per heavy atom. The molecule has 0 aliphatic carbocycles. The van der Waals surface area contributed by atoms with E-state index in [2.05, 4.69) is 6.92 Å². The Labute approximate surface area is 120 Å². The van der Waals surface area contributed by atoms with Crippen molar-refractivity contribution in [2.24, 2.45) is 5.92 Å². The van der Waals surface area contributed by atoms with Crippen molar-refractivity contribution >= 4 is 17.6 Å². The third-order valence-corrected chi connectivity index (χ3v) is 3.57. The van der Waals surface area contributed by atoms with E-state index < -0.39 is 5.97 Å². The molecule has 0 fully saturated rings. The molecule has 1 rings (SSSR count). The summed E-state index contributed by atoms with van der Waals surface area (Å²) >= 11 is 0. The molecule has 0 aromatic heterocycles. The van der Waals surface area contributed by atoms with Crippen LogP contribution in [-0.2, 0) is 4.79 Å². The Balaban J connectivity index is 2.96. The molecule has 20 heavy (non-hydrogen) atoms. The molecule has 0 aliphatic rings. The predicted molar refractivity (Wildman–Crippen MR) is 80.1 cm³/mol. The molecule has 0 aliphatic heterocycles. The van der Waals surface area contributed by atoms with Crippen LogP contribution in [-0.4, -0.2) is 24.0 Å². The zero-order valence-corrected chi connectivity index (χ0v) is 12.4. The van der Waals surface area contributed by atoms with Crippen LogP contribution in [0.5, 0.6) is 0 Å². The first-order chi connectivity index (χ1) is 9.52. The van der Waals surface area contributed by atoms with Crippen LogP contribution >= 0.6 is 0 Å². The Hall–Kier alpha value is -1.84. The van der Waals surface area contributed by atoms with E-state index in [1.165, 1.54) is 11.0 Å². The summed E-state index contributed by atoms with van der Waals surface area (Å²) in [6, 6.07) is 6.61. The molecule has 4 nitrogen and oxygen atoms in total. The number of nitrogens with zero attached hydrogens (tertiary/aromatic N) is 1. The third-order valence-electron chi connectivity index (χ3n) is 3.57. The van der Waals surface area contributed by atoms with Crippen LogP contribution in [0.25, 0.3) is 0 Å².